The summed E-state index contributed by atoms with van der Waals surface area (Å²) in [5, 5.41) is 6.75. The smallest absolute Gasteiger partial charge is 0.249 e. The molecule has 0 bridgehead atoms. The van der Waals surface area contributed by atoms with Crippen molar-refractivity contribution in [2.75, 3.05) is 6.54 Å². The number of carbonyl (C=O) groups excluding carboxylic acids is 2. The Balaban J connectivity index is 1.58. The molecule has 27 heavy (non-hydrogen) atoms. The maximum Gasteiger partial charge on any atom is 0.249 e. The van der Waals surface area contributed by atoms with Crippen molar-refractivity contribution >= 4 is 11.8 Å². The van der Waals surface area contributed by atoms with Gasteiger partial charge in [-0.05, 0) is 24.3 Å². The molecule has 3 rings (SSSR count). The second kappa shape index (κ2) is 8.79. The summed E-state index contributed by atoms with van der Waals surface area (Å²) in [4.78, 5) is 30.3. The Labute approximate surface area is 159 Å². The van der Waals surface area contributed by atoms with Crippen molar-refractivity contribution in [3.05, 3.63) is 47.6 Å². The fourth-order valence-corrected chi connectivity index (χ4v) is 3.26. The van der Waals surface area contributed by atoms with Gasteiger partial charge in [0.2, 0.25) is 17.7 Å². The zero-order valence-corrected chi connectivity index (χ0v) is 15.9. The summed E-state index contributed by atoms with van der Waals surface area (Å²) in [6.45, 7) is 4.84. The Morgan fingerprint density at radius 2 is 2.11 bits per heavy atom. The summed E-state index contributed by atoms with van der Waals surface area (Å²) < 4.78 is 5.39. The molecular weight excluding hydrogens is 344 g/mol. The average molecular weight is 370 g/mol. The van der Waals surface area contributed by atoms with Crippen LogP contribution in [0.4, 0.5) is 0 Å². The molecule has 1 atom stereocenters. The summed E-state index contributed by atoms with van der Waals surface area (Å²) in [6.07, 6.45) is 2.42. The van der Waals surface area contributed by atoms with Gasteiger partial charge in [-0.3, -0.25) is 9.59 Å². The van der Waals surface area contributed by atoms with Crippen molar-refractivity contribution in [1.29, 1.82) is 0 Å². The third-order valence-electron chi connectivity index (χ3n) is 4.62. The average Bonchev–Trinajstić information content (AvgIpc) is 3.25. The highest BCUT2D eigenvalue weighted by Crippen LogP contribution is 2.31. The molecule has 1 N–H and O–H groups in total. The normalized spacial score (nSPS) is 16.9. The molecule has 0 saturated carbocycles. The van der Waals surface area contributed by atoms with Crippen LogP contribution in [0, 0.1) is 5.92 Å². The van der Waals surface area contributed by atoms with Crippen LogP contribution in [0.3, 0.4) is 0 Å². The molecule has 2 aromatic rings. The number of amides is 2. The Hall–Kier alpha value is -2.70. The zero-order chi connectivity index (χ0) is 19.2. The summed E-state index contributed by atoms with van der Waals surface area (Å²) in [7, 11) is 0. The number of likely N-dealkylation sites (tertiary alicyclic amines) is 1. The lowest BCUT2D eigenvalue weighted by atomic mass is 10.1. The van der Waals surface area contributed by atoms with Crippen molar-refractivity contribution in [3.63, 3.8) is 0 Å². The molecule has 0 unspecified atom stereocenters. The number of hydrogen-bond acceptors (Lipinski definition) is 5. The lowest BCUT2D eigenvalue weighted by Gasteiger charge is -2.21. The molecule has 7 heteroatoms. The van der Waals surface area contributed by atoms with Crippen molar-refractivity contribution in [2.45, 2.75) is 52.1 Å². The molecule has 144 valence electrons. The van der Waals surface area contributed by atoms with Crippen LogP contribution >= 0.6 is 0 Å². The first-order valence-corrected chi connectivity index (χ1v) is 9.45. The maximum atomic E-state index is 12.3. The van der Waals surface area contributed by atoms with Crippen molar-refractivity contribution in [1.82, 2.24) is 20.4 Å². The number of benzene rings is 1. The van der Waals surface area contributed by atoms with Crippen LogP contribution in [0.5, 0.6) is 0 Å². The molecule has 1 saturated heterocycles. The van der Waals surface area contributed by atoms with Gasteiger partial charge < -0.3 is 14.7 Å². The van der Waals surface area contributed by atoms with Gasteiger partial charge >= 0.3 is 0 Å². The number of nitrogens with one attached hydrogen (secondary N) is 1. The summed E-state index contributed by atoms with van der Waals surface area (Å²) in [5.74, 6) is 1.26. The van der Waals surface area contributed by atoms with E-state index in [2.05, 4.69) is 27.6 Å². The lowest BCUT2D eigenvalue weighted by Crippen LogP contribution is -2.30. The van der Waals surface area contributed by atoms with Crippen LogP contribution in [0.15, 0.2) is 34.9 Å². The van der Waals surface area contributed by atoms with E-state index in [9.17, 15) is 9.59 Å². The van der Waals surface area contributed by atoms with E-state index in [0.717, 1.165) is 6.42 Å². The van der Waals surface area contributed by atoms with Crippen LogP contribution in [0.2, 0.25) is 0 Å². The van der Waals surface area contributed by atoms with Gasteiger partial charge in [0, 0.05) is 19.4 Å². The highest BCUT2D eigenvalue weighted by atomic mass is 16.5. The summed E-state index contributed by atoms with van der Waals surface area (Å²) in [6, 6.07) is 9.90. The van der Waals surface area contributed by atoms with Gasteiger partial charge in [0.1, 0.15) is 6.04 Å². The topological polar surface area (TPSA) is 88.3 Å². The van der Waals surface area contributed by atoms with Crippen LogP contribution in [0.1, 0.15) is 56.4 Å². The van der Waals surface area contributed by atoms with Gasteiger partial charge in [-0.1, -0.05) is 49.3 Å². The van der Waals surface area contributed by atoms with E-state index < -0.39 is 0 Å². The van der Waals surface area contributed by atoms with E-state index in [0.29, 0.717) is 43.4 Å². The number of hydrogen-bond donors (Lipinski definition) is 1. The highest BCUT2D eigenvalue weighted by Gasteiger charge is 2.35. The third kappa shape index (κ3) is 5.15. The molecule has 1 aliphatic rings. The third-order valence-corrected chi connectivity index (χ3v) is 4.62. The molecule has 1 aliphatic heterocycles. The van der Waals surface area contributed by atoms with E-state index in [1.54, 1.807) is 0 Å². The number of aromatic nitrogens is 2. The zero-order valence-electron chi connectivity index (χ0n) is 15.9. The Morgan fingerprint density at radius 3 is 2.85 bits per heavy atom. The SMILES string of the molecule is CC(C)CC(=O)NCc1noc([C@@H]2CCC(=O)N2CCc2ccccc2)n1. The molecule has 7 nitrogen and oxygen atoms in total. The van der Waals surface area contributed by atoms with Gasteiger partial charge in [0.05, 0.1) is 6.54 Å². The summed E-state index contributed by atoms with van der Waals surface area (Å²) >= 11 is 0. The van der Waals surface area contributed by atoms with Gasteiger partial charge in [-0.2, -0.15) is 4.98 Å². The first kappa shape index (κ1) is 19.1. The molecule has 1 fully saturated rings. The fraction of sp³-hybridized carbons (Fsp3) is 0.500. The minimum Gasteiger partial charge on any atom is -0.349 e. The molecule has 1 aromatic carbocycles. The molecule has 1 aromatic heterocycles. The highest BCUT2D eigenvalue weighted by molar-refractivity contribution is 5.78. The van der Waals surface area contributed by atoms with E-state index in [4.69, 9.17) is 4.52 Å². The van der Waals surface area contributed by atoms with Crippen molar-refractivity contribution in [3.8, 4) is 0 Å². The minimum absolute atomic E-state index is 0.0307. The quantitative estimate of drug-likeness (QED) is 0.772. The number of nitrogens with zero attached hydrogens (tertiary/aromatic N) is 3. The minimum atomic E-state index is -0.186. The molecule has 0 radical (unpaired) electrons. The second-order valence-corrected chi connectivity index (χ2v) is 7.30. The Morgan fingerprint density at radius 1 is 1.33 bits per heavy atom. The largest absolute Gasteiger partial charge is 0.349 e. The van der Waals surface area contributed by atoms with Crippen molar-refractivity contribution in [2.24, 2.45) is 5.92 Å². The Bertz CT molecular complexity index is 773. The van der Waals surface area contributed by atoms with E-state index >= 15 is 0 Å². The van der Waals surface area contributed by atoms with E-state index in [-0.39, 0.29) is 24.4 Å². The maximum absolute atomic E-state index is 12.3. The monoisotopic (exact) mass is 370 g/mol. The molecule has 0 aliphatic carbocycles. The van der Waals surface area contributed by atoms with Crippen LogP contribution < -0.4 is 5.32 Å². The lowest BCUT2D eigenvalue weighted by molar-refractivity contribution is -0.129. The van der Waals surface area contributed by atoms with Gasteiger partial charge in [0.25, 0.3) is 0 Å². The number of carbonyl (C=O) groups is 2. The molecule has 2 amide bonds. The molecule has 0 spiro atoms. The first-order valence-electron chi connectivity index (χ1n) is 9.45. The first-order chi connectivity index (χ1) is 13.0. The van der Waals surface area contributed by atoms with E-state index in [1.807, 2.05) is 36.9 Å². The van der Waals surface area contributed by atoms with Crippen LogP contribution in [-0.2, 0) is 22.6 Å². The Kier molecular flexibility index (Phi) is 6.21. The van der Waals surface area contributed by atoms with Gasteiger partial charge in [-0.15, -0.1) is 0 Å². The predicted molar refractivity (Wildman–Crippen MR) is 99.4 cm³/mol. The molecular formula is C20H26N4O3. The number of rotatable bonds is 8. The standard InChI is InChI=1S/C20H26N4O3/c1-14(2)12-18(25)21-13-17-22-20(27-23-17)16-8-9-19(26)24(16)11-10-15-6-4-3-5-7-15/h3-7,14,16H,8-13H2,1-2H3,(H,21,25)/t16-/m0/s1. The molecule has 2 heterocycles. The summed E-state index contributed by atoms with van der Waals surface area (Å²) in [5.41, 5.74) is 1.19. The van der Waals surface area contributed by atoms with Crippen molar-refractivity contribution < 1.29 is 14.1 Å². The van der Waals surface area contributed by atoms with Crippen LogP contribution in [-0.4, -0.2) is 33.4 Å². The second-order valence-electron chi connectivity index (χ2n) is 7.30. The predicted octanol–water partition coefficient (Wildman–Crippen LogP) is 2.64. The van der Waals surface area contributed by atoms with Crippen LogP contribution in [0.25, 0.3) is 0 Å². The van der Waals surface area contributed by atoms with E-state index in [1.165, 1.54) is 5.56 Å². The fourth-order valence-electron chi connectivity index (χ4n) is 3.26. The van der Waals surface area contributed by atoms with Gasteiger partial charge in [0.15, 0.2) is 5.82 Å². The van der Waals surface area contributed by atoms with Gasteiger partial charge in [-0.25, -0.2) is 0 Å².